The molecule has 1 aromatic carbocycles. The van der Waals surface area contributed by atoms with Gasteiger partial charge < -0.3 is 5.32 Å². The number of aryl methyl sites for hydroxylation is 1. The highest BCUT2D eigenvalue weighted by atomic mass is 79.9. The van der Waals surface area contributed by atoms with Gasteiger partial charge >= 0.3 is 0 Å². The van der Waals surface area contributed by atoms with Gasteiger partial charge in [0.1, 0.15) is 12.1 Å². The van der Waals surface area contributed by atoms with Crippen molar-refractivity contribution >= 4 is 33.4 Å². The summed E-state index contributed by atoms with van der Waals surface area (Å²) in [7, 11) is 0. The fraction of sp³-hybridized carbons (Fsp3) is 0.500. The minimum atomic E-state index is -0.520. The van der Waals surface area contributed by atoms with E-state index >= 15 is 0 Å². The Morgan fingerprint density at radius 1 is 1.24 bits per heavy atom. The molecule has 2 rings (SSSR count). The molecule has 21 heavy (non-hydrogen) atoms. The number of nitrogens with zero attached hydrogens (tertiary/aromatic N) is 1. The van der Waals surface area contributed by atoms with E-state index in [1.54, 1.807) is 11.8 Å². The van der Waals surface area contributed by atoms with Gasteiger partial charge in [-0.25, -0.2) is 0 Å². The molecule has 1 aliphatic heterocycles. The maximum atomic E-state index is 12.9. The first-order valence-corrected chi connectivity index (χ1v) is 7.82. The topological polar surface area (TPSA) is 49.4 Å². The monoisotopic (exact) mass is 352 g/mol. The average molecular weight is 353 g/mol. The van der Waals surface area contributed by atoms with E-state index in [1.165, 1.54) is 0 Å². The van der Waals surface area contributed by atoms with E-state index in [2.05, 4.69) is 21.2 Å². The molecule has 1 heterocycles. The van der Waals surface area contributed by atoms with Gasteiger partial charge in [0.05, 0.1) is 5.69 Å². The van der Waals surface area contributed by atoms with Crippen LogP contribution in [0.5, 0.6) is 0 Å². The molecule has 4 nitrogen and oxygen atoms in total. The largest absolute Gasteiger partial charge is 0.342 e. The fourth-order valence-corrected chi connectivity index (χ4v) is 2.96. The molecule has 1 N–H and O–H groups in total. The summed E-state index contributed by atoms with van der Waals surface area (Å²) < 4.78 is 0.854. The summed E-state index contributed by atoms with van der Waals surface area (Å²) in [5, 5.41) is 2.84. The summed E-state index contributed by atoms with van der Waals surface area (Å²) in [5.41, 5.74) is 1.45. The minimum Gasteiger partial charge on any atom is -0.342 e. The highest BCUT2D eigenvalue weighted by molar-refractivity contribution is 9.10. The first-order valence-electron chi connectivity index (χ1n) is 7.03. The predicted molar refractivity (Wildman–Crippen MR) is 87.2 cm³/mol. The van der Waals surface area contributed by atoms with Crippen molar-refractivity contribution < 1.29 is 9.59 Å². The van der Waals surface area contributed by atoms with Crippen molar-refractivity contribution in [2.24, 2.45) is 5.41 Å². The molecule has 1 fully saturated rings. The molecule has 1 aliphatic rings. The van der Waals surface area contributed by atoms with Crippen LogP contribution in [0, 0.1) is 12.3 Å². The van der Waals surface area contributed by atoms with Crippen LogP contribution in [0.4, 0.5) is 5.69 Å². The molecule has 1 saturated heterocycles. The molecule has 0 saturated carbocycles. The van der Waals surface area contributed by atoms with Crippen LogP contribution >= 0.6 is 15.9 Å². The number of halogens is 1. The van der Waals surface area contributed by atoms with Crippen LogP contribution in [-0.2, 0) is 9.59 Å². The minimum absolute atomic E-state index is 0.0686. The van der Waals surface area contributed by atoms with Crippen LogP contribution < -0.4 is 10.2 Å². The predicted octanol–water partition coefficient (Wildman–Crippen LogP) is 3.02. The lowest BCUT2D eigenvalue weighted by Crippen LogP contribution is -2.66. The Morgan fingerprint density at radius 2 is 1.86 bits per heavy atom. The first-order chi connectivity index (χ1) is 9.64. The molecule has 0 aromatic heterocycles. The number of benzene rings is 1. The van der Waals surface area contributed by atoms with E-state index in [0.29, 0.717) is 0 Å². The molecule has 2 amide bonds. The Hall–Kier alpha value is -1.36. The van der Waals surface area contributed by atoms with E-state index < -0.39 is 12.1 Å². The van der Waals surface area contributed by atoms with Gasteiger partial charge in [0.15, 0.2) is 0 Å². The van der Waals surface area contributed by atoms with Crippen molar-refractivity contribution in [2.75, 3.05) is 4.90 Å². The third-order valence-corrected chi connectivity index (χ3v) is 4.87. The lowest BCUT2D eigenvalue weighted by atomic mass is 9.84. The number of carbonyl (C=O) groups excluding carboxylic acids is 2. The summed E-state index contributed by atoms with van der Waals surface area (Å²) in [6.07, 6.45) is 0. The van der Waals surface area contributed by atoms with Crippen LogP contribution in [0.2, 0.25) is 0 Å². The number of carbonyl (C=O) groups is 2. The summed E-state index contributed by atoms with van der Waals surface area (Å²) >= 11 is 3.54. The molecule has 0 bridgehead atoms. The number of amides is 2. The fourth-order valence-electron chi connectivity index (χ4n) is 2.50. The summed E-state index contributed by atoms with van der Waals surface area (Å²) in [5.74, 6) is -0.191. The molecule has 2 unspecified atom stereocenters. The quantitative estimate of drug-likeness (QED) is 0.844. The molecule has 5 heteroatoms. The summed E-state index contributed by atoms with van der Waals surface area (Å²) in [4.78, 5) is 26.7. The van der Waals surface area contributed by atoms with Gasteiger partial charge in [-0.1, -0.05) is 32.9 Å². The van der Waals surface area contributed by atoms with E-state index in [9.17, 15) is 9.59 Å². The second-order valence-corrected chi connectivity index (χ2v) is 7.39. The van der Waals surface area contributed by atoms with Crippen molar-refractivity contribution in [1.29, 1.82) is 0 Å². The number of piperazine rings is 1. The lowest BCUT2D eigenvalue weighted by molar-refractivity contribution is -0.136. The number of nitrogens with one attached hydrogen (secondary N) is 1. The van der Waals surface area contributed by atoms with Crippen LogP contribution in [0.25, 0.3) is 0 Å². The number of hydrogen-bond donors (Lipinski definition) is 1. The zero-order valence-corrected chi connectivity index (χ0v) is 14.6. The SMILES string of the molecule is Cc1cccc(N2C(=O)C(C(C)(C)C)NC(=O)C2C)c1Br. The Morgan fingerprint density at radius 3 is 2.43 bits per heavy atom. The van der Waals surface area contributed by atoms with Crippen molar-refractivity contribution in [3.05, 3.63) is 28.2 Å². The van der Waals surface area contributed by atoms with Gasteiger partial charge in [0, 0.05) is 4.47 Å². The lowest BCUT2D eigenvalue weighted by Gasteiger charge is -2.42. The Kier molecular flexibility index (Phi) is 4.15. The second-order valence-electron chi connectivity index (χ2n) is 6.60. The molecular weight excluding hydrogens is 332 g/mol. The van der Waals surface area contributed by atoms with Gasteiger partial charge in [-0.05, 0) is 46.8 Å². The van der Waals surface area contributed by atoms with Crippen LogP contribution in [0.1, 0.15) is 33.3 Å². The van der Waals surface area contributed by atoms with Crippen molar-refractivity contribution in [3.8, 4) is 0 Å². The third-order valence-electron chi connectivity index (χ3n) is 3.83. The number of hydrogen-bond acceptors (Lipinski definition) is 2. The normalized spacial score (nSPS) is 23.2. The van der Waals surface area contributed by atoms with E-state index in [1.807, 2.05) is 45.9 Å². The highest BCUT2D eigenvalue weighted by Gasteiger charge is 2.44. The molecule has 1 aromatic rings. The zero-order chi connectivity index (χ0) is 15.9. The maximum absolute atomic E-state index is 12.9. The Labute approximate surface area is 134 Å². The number of anilines is 1. The first kappa shape index (κ1) is 16.0. The molecule has 0 aliphatic carbocycles. The number of rotatable bonds is 1. The Balaban J connectivity index is 2.51. The van der Waals surface area contributed by atoms with Crippen molar-refractivity contribution in [1.82, 2.24) is 5.32 Å². The van der Waals surface area contributed by atoms with Crippen molar-refractivity contribution in [3.63, 3.8) is 0 Å². The smallest absolute Gasteiger partial charge is 0.250 e. The molecule has 114 valence electrons. The van der Waals surface area contributed by atoms with E-state index in [-0.39, 0.29) is 17.2 Å². The van der Waals surface area contributed by atoms with Gasteiger partial charge in [0.25, 0.3) is 5.91 Å². The second kappa shape index (κ2) is 5.44. The summed E-state index contributed by atoms with van der Waals surface area (Å²) in [6.45, 7) is 9.58. The molecular formula is C16H21BrN2O2. The van der Waals surface area contributed by atoms with E-state index in [0.717, 1.165) is 15.7 Å². The van der Waals surface area contributed by atoms with Gasteiger partial charge in [-0.15, -0.1) is 0 Å². The van der Waals surface area contributed by atoms with Crippen molar-refractivity contribution in [2.45, 2.75) is 46.7 Å². The van der Waals surface area contributed by atoms with Crippen LogP contribution in [-0.4, -0.2) is 23.9 Å². The highest BCUT2D eigenvalue weighted by Crippen LogP contribution is 2.34. The summed E-state index contributed by atoms with van der Waals surface area (Å²) in [6, 6.07) is 4.69. The van der Waals surface area contributed by atoms with E-state index in [4.69, 9.17) is 0 Å². The van der Waals surface area contributed by atoms with Crippen LogP contribution in [0.3, 0.4) is 0 Å². The maximum Gasteiger partial charge on any atom is 0.250 e. The average Bonchev–Trinajstić information content (AvgIpc) is 2.37. The Bertz CT molecular complexity index is 592. The van der Waals surface area contributed by atoms with Gasteiger partial charge in [-0.3, -0.25) is 14.5 Å². The molecule has 0 spiro atoms. The standard InChI is InChI=1S/C16H21BrN2O2/c1-9-7-6-8-11(12(9)17)19-10(2)14(20)18-13(15(19)21)16(3,4)5/h6-8,10,13H,1-5H3,(H,18,20). The van der Waals surface area contributed by atoms with Gasteiger partial charge in [-0.2, -0.15) is 0 Å². The molecule has 2 atom stereocenters. The van der Waals surface area contributed by atoms with Gasteiger partial charge in [0.2, 0.25) is 5.91 Å². The zero-order valence-electron chi connectivity index (χ0n) is 13.0. The molecule has 0 radical (unpaired) electrons. The van der Waals surface area contributed by atoms with Crippen LogP contribution in [0.15, 0.2) is 22.7 Å². The third kappa shape index (κ3) is 2.84.